The van der Waals surface area contributed by atoms with E-state index in [1.807, 2.05) is 14.1 Å². The minimum absolute atomic E-state index is 0.298. The quantitative estimate of drug-likeness (QED) is 0.0712. The SMILES string of the molecule is CN(C)CCOCCOCCOCCOCCOCCOCCOCCOCCOCCOCCOCCOCCOCCNC(=O)COCC(=O)O. The maximum atomic E-state index is 11.4. The summed E-state index contributed by atoms with van der Waals surface area (Å²) in [6.07, 6.45) is 0. The van der Waals surface area contributed by atoms with Crippen molar-refractivity contribution >= 4 is 11.9 Å². The number of ether oxygens (including phenoxy) is 14. The van der Waals surface area contributed by atoms with E-state index in [2.05, 4.69) is 15.0 Å². The summed E-state index contributed by atoms with van der Waals surface area (Å²) in [5.74, 6) is -1.52. The highest BCUT2D eigenvalue weighted by atomic mass is 16.6. The van der Waals surface area contributed by atoms with Gasteiger partial charge in [-0.15, -0.1) is 0 Å². The molecule has 0 atom stereocenters. The Morgan fingerprint density at radius 3 is 0.868 bits per heavy atom. The van der Waals surface area contributed by atoms with Crippen LogP contribution in [0.3, 0.4) is 0 Å². The summed E-state index contributed by atoms with van der Waals surface area (Å²) in [5, 5.41) is 11.0. The van der Waals surface area contributed by atoms with Gasteiger partial charge < -0.3 is 81.6 Å². The molecule has 0 saturated carbocycles. The van der Waals surface area contributed by atoms with E-state index < -0.39 is 18.5 Å². The molecular weight excluding hydrogens is 708 g/mol. The molecule has 0 aliphatic heterocycles. The second-order valence-electron chi connectivity index (χ2n) is 11.0. The number of carbonyl (C=O) groups is 2. The number of nitrogens with zero attached hydrogens (tertiary/aromatic N) is 1. The number of carbonyl (C=O) groups excluding carboxylic acids is 1. The number of carboxylic acid groups (broad SMARTS) is 1. The van der Waals surface area contributed by atoms with Crippen molar-refractivity contribution in [3.63, 3.8) is 0 Å². The van der Waals surface area contributed by atoms with E-state index in [1.54, 1.807) is 0 Å². The smallest absolute Gasteiger partial charge is 0.329 e. The van der Waals surface area contributed by atoms with Crippen LogP contribution in [0.1, 0.15) is 0 Å². The molecular formula is C34H68N2O17. The third-order valence-electron chi connectivity index (χ3n) is 6.17. The first kappa shape index (κ1) is 51.3. The van der Waals surface area contributed by atoms with Gasteiger partial charge in [-0.2, -0.15) is 0 Å². The number of carboxylic acids is 1. The van der Waals surface area contributed by atoms with Crippen LogP contribution in [-0.2, 0) is 75.9 Å². The molecule has 0 aliphatic rings. The number of rotatable bonds is 46. The maximum Gasteiger partial charge on any atom is 0.329 e. The lowest BCUT2D eigenvalue weighted by Gasteiger charge is -2.10. The van der Waals surface area contributed by atoms with Crippen LogP contribution in [0, 0.1) is 0 Å². The molecule has 0 unspecified atom stereocenters. The molecule has 0 rings (SSSR count). The van der Waals surface area contributed by atoms with Crippen LogP contribution in [0.25, 0.3) is 0 Å². The van der Waals surface area contributed by atoms with Crippen LogP contribution < -0.4 is 5.32 Å². The van der Waals surface area contributed by atoms with Crippen LogP contribution in [0.15, 0.2) is 0 Å². The largest absolute Gasteiger partial charge is 0.480 e. The maximum absolute atomic E-state index is 11.4. The predicted molar refractivity (Wildman–Crippen MR) is 191 cm³/mol. The molecule has 19 heteroatoms. The van der Waals surface area contributed by atoms with Crippen LogP contribution in [-0.4, -0.2) is 234 Å². The molecule has 2 N–H and O–H groups in total. The molecule has 1 amide bonds. The van der Waals surface area contributed by atoms with E-state index in [4.69, 9.17) is 66.7 Å². The molecule has 0 heterocycles. The number of nitrogens with one attached hydrogen (secondary N) is 1. The van der Waals surface area contributed by atoms with Gasteiger partial charge in [0, 0.05) is 13.1 Å². The van der Waals surface area contributed by atoms with Crippen molar-refractivity contribution in [2.75, 3.05) is 212 Å². The average Bonchev–Trinajstić information content (AvgIpc) is 3.13. The van der Waals surface area contributed by atoms with Gasteiger partial charge in [-0.25, -0.2) is 4.79 Å². The van der Waals surface area contributed by atoms with E-state index in [0.717, 1.165) is 6.54 Å². The molecule has 0 radical (unpaired) electrons. The summed E-state index contributed by atoms with van der Waals surface area (Å²) < 4.78 is 75.5. The molecule has 53 heavy (non-hydrogen) atoms. The number of hydrogen-bond acceptors (Lipinski definition) is 17. The first-order valence-electron chi connectivity index (χ1n) is 18.2. The molecule has 0 aromatic carbocycles. The van der Waals surface area contributed by atoms with Gasteiger partial charge in [0.15, 0.2) is 0 Å². The van der Waals surface area contributed by atoms with Gasteiger partial charge in [-0.1, -0.05) is 0 Å². The van der Waals surface area contributed by atoms with Crippen LogP contribution in [0.5, 0.6) is 0 Å². The van der Waals surface area contributed by atoms with Crippen LogP contribution in [0.2, 0.25) is 0 Å². The molecule has 0 aromatic heterocycles. The Morgan fingerprint density at radius 1 is 0.377 bits per heavy atom. The van der Waals surface area contributed by atoms with E-state index in [9.17, 15) is 9.59 Å². The molecule has 19 nitrogen and oxygen atoms in total. The number of hydrogen-bond donors (Lipinski definition) is 2. The lowest BCUT2D eigenvalue weighted by Crippen LogP contribution is -2.31. The standard InChI is InChI=1S/C34H68N2O17/c1-36(2)4-6-41-8-10-43-12-14-45-16-18-47-20-22-49-24-26-51-28-30-52-29-27-50-25-23-48-21-19-46-17-15-44-13-11-42-9-7-40-5-3-35-33(37)31-53-32-34(38)39/h3-32H2,1-2H3,(H,35,37)(H,38,39). The zero-order chi connectivity index (χ0) is 38.6. The van der Waals surface area contributed by atoms with Gasteiger partial charge in [-0.05, 0) is 14.1 Å². The van der Waals surface area contributed by atoms with Crippen molar-refractivity contribution < 1.29 is 81.0 Å². The fourth-order valence-corrected chi connectivity index (χ4v) is 3.53. The fraction of sp³-hybridized carbons (Fsp3) is 0.941. The van der Waals surface area contributed by atoms with E-state index >= 15 is 0 Å². The van der Waals surface area contributed by atoms with Crippen molar-refractivity contribution in [1.82, 2.24) is 10.2 Å². The average molecular weight is 777 g/mol. The number of amides is 1. The van der Waals surface area contributed by atoms with E-state index in [-0.39, 0.29) is 6.61 Å². The van der Waals surface area contributed by atoms with E-state index in [0.29, 0.717) is 178 Å². The van der Waals surface area contributed by atoms with Crippen molar-refractivity contribution in [3.05, 3.63) is 0 Å². The summed E-state index contributed by atoms with van der Waals surface area (Å²) in [6.45, 7) is 13.1. The third-order valence-corrected chi connectivity index (χ3v) is 6.17. The second-order valence-corrected chi connectivity index (χ2v) is 11.0. The molecule has 0 saturated heterocycles. The van der Waals surface area contributed by atoms with Crippen molar-refractivity contribution in [1.29, 1.82) is 0 Å². The van der Waals surface area contributed by atoms with Crippen molar-refractivity contribution in [2.24, 2.45) is 0 Å². The molecule has 0 bridgehead atoms. The molecule has 0 aromatic rings. The van der Waals surface area contributed by atoms with E-state index in [1.165, 1.54) is 0 Å². The molecule has 0 fully saturated rings. The monoisotopic (exact) mass is 776 g/mol. The lowest BCUT2D eigenvalue weighted by atomic mass is 10.6. The molecule has 0 spiro atoms. The molecule has 0 aliphatic carbocycles. The van der Waals surface area contributed by atoms with Gasteiger partial charge >= 0.3 is 5.97 Å². The topological polar surface area (TPSA) is 199 Å². The van der Waals surface area contributed by atoms with Crippen LogP contribution in [0.4, 0.5) is 0 Å². The zero-order valence-electron chi connectivity index (χ0n) is 32.1. The Hall–Kier alpha value is -1.66. The Kier molecular flexibility index (Phi) is 43.3. The van der Waals surface area contributed by atoms with Gasteiger partial charge in [0.2, 0.25) is 5.91 Å². The predicted octanol–water partition coefficient (Wildman–Crippen LogP) is -1.02. The van der Waals surface area contributed by atoms with Gasteiger partial charge in [0.05, 0.1) is 172 Å². The normalized spacial score (nSPS) is 11.5. The Bertz CT molecular complexity index is 758. The third kappa shape index (κ3) is 48.3. The first-order valence-corrected chi connectivity index (χ1v) is 18.2. The van der Waals surface area contributed by atoms with Gasteiger partial charge in [-0.3, -0.25) is 4.79 Å². The Balaban J connectivity index is 3.09. The van der Waals surface area contributed by atoms with Crippen molar-refractivity contribution in [2.45, 2.75) is 0 Å². The summed E-state index contributed by atoms with van der Waals surface area (Å²) in [4.78, 5) is 23.7. The number of likely N-dealkylation sites (N-methyl/N-ethyl adjacent to an activating group) is 1. The Labute approximate surface area is 315 Å². The van der Waals surface area contributed by atoms with Crippen LogP contribution >= 0.6 is 0 Å². The highest BCUT2D eigenvalue weighted by Crippen LogP contribution is 1.88. The minimum Gasteiger partial charge on any atom is -0.480 e. The second kappa shape index (κ2) is 44.7. The zero-order valence-corrected chi connectivity index (χ0v) is 32.1. The number of aliphatic carboxylic acids is 1. The summed E-state index contributed by atoms with van der Waals surface area (Å²) in [6, 6.07) is 0. The molecule has 316 valence electrons. The minimum atomic E-state index is -1.12. The first-order chi connectivity index (χ1) is 26.0. The summed E-state index contributed by atoms with van der Waals surface area (Å²) in [7, 11) is 4.03. The highest BCUT2D eigenvalue weighted by Gasteiger charge is 2.03. The van der Waals surface area contributed by atoms with Gasteiger partial charge in [0.25, 0.3) is 0 Å². The van der Waals surface area contributed by atoms with Crippen molar-refractivity contribution in [3.8, 4) is 0 Å². The van der Waals surface area contributed by atoms with Gasteiger partial charge in [0.1, 0.15) is 13.2 Å². The summed E-state index contributed by atoms with van der Waals surface area (Å²) in [5.41, 5.74) is 0. The summed E-state index contributed by atoms with van der Waals surface area (Å²) >= 11 is 0. The fourth-order valence-electron chi connectivity index (χ4n) is 3.53. The Morgan fingerprint density at radius 2 is 0.623 bits per heavy atom. The lowest BCUT2D eigenvalue weighted by molar-refractivity contribution is -0.143. The highest BCUT2D eigenvalue weighted by molar-refractivity contribution is 5.77.